The van der Waals surface area contributed by atoms with E-state index in [4.69, 9.17) is 15.0 Å². The Morgan fingerprint density at radius 3 is 2.72 bits per heavy atom. The number of aryl methyl sites for hydroxylation is 2. The fourth-order valence-corrected chi connectivity index (χ4v) is 1.66. The lowest BCUT2D eigenvalue weighted by Crippen LogP contribution is -2.05. The number of hydrogen-bond donors (Lipinski definition) is 1. The standard InChI is InChI=1S/C13H17N3O2/c1-8-6-11(9(2)14)4-5-12(8)17-7-13-15-10(3)16-18-13/h4-6,9H,7,14H2,1-3H3/t9-/m0/s1. The van der Waals surface area contributed by atoms with Gasteiger partial charge in [0, 0.05) is 6.04 Å². The number of nitrogens with zero attached hydrogens (tertiary/aromatic N) is 2. The van der Waals surface area contributed by atoms with Crippen molar-refractivity contribution in [3.05, 3.63) is 41.0 Å². The molecular weight excluding hydrogens is 230 g/mol. The number of ether oxygens (including phenoxy) is 1. The second-order valence-electron chi connectivity index (χ2n) is 4.34. The minimum absolute atomic E-state index is 0.0244. The molecule has 96 valence electrons. The third-order valence-corrected chi connectivity index (χ3v) is 2.65. The van der Waals surface area contributed by atoms with E-state index in [0.717, 1.165) is 16.9 Å². The van der Waals surface area contributed by atoms with Gasteiger partial charge in [0.2, 0.25) is 0 Å². The van der Waals surface area contributed by atoms with Crippen molar-refractivity contribution >= 4 is 0 Å². The number of aromatic nitrogens is 2. The molecule has 0 aliphatic rings. The summed E-state index contributed by atoms with van der Waals surface area (Å²) in [6.45, 7) is 5.99. The van der Waals surface area contributed by atoms with E-state index in [9.17, 15) is 0 Å². The topological polar surface area (TPSA) is 74.2 Å². The number of rotatable bonds is 4. The second-order valence-corrected chi connectivity index (χ2v) is 4.34. The van der Waals surface area contributed by atoms with E-state index in [-0.39, 0.29) is 12.6 Å². The zero-order chi connectivity index (χ0) is 13.1. The highest BCUT2D eigenvalue weighted by molar-refractivity contribution is 5.37. The van der Waals surface area contributed by atoms with Gasteiger partial charge in [-0.15, -0.1) is 0 Å². The van der Waals surface area contributed by atoms with Crippen molar-refractivity contribution in [3.8, 4) is 5.75 Å². The molecule has 0 aliphatic heterocycles. The summed E-state index contributed by atoms with van der Waals surface area (Å²) in [5, 5.41) is 3.71. The van der Waals surface area contributed by atoms with Crippen LogP contribution >= 0.6 is 0 Å². The molecule has 1 heterocycles. The Morgan fingerprint density at radius 1 is 1.39 bits per heavy atom. The van der Waals surface area contributed by atoms with Crippen LogP contribution in [0.5, 0.6) is 5.75 Å². The molecule has 0 aliphatic carbocycles. The average molecular weight is 247 g/mol. The van der Waals surface area contributed by atoms with Crippen LogP contribution in [0, 0.1) is 13.8 Å². The van der Waals surface area contributed by atoms with Gasteiger partial charge in [0.15, 0.2) is 12.4 Å². The van der Waals surface area contributed by atoms with E-state index in [2.05, 4.69) is 10.1 Å². The molecule has 0 amide bonds. The van der Waals surface area contributed by atoms with Gasteiger partial charge in [0.25, 0.3) is 5.89 Å². The van der Waals surface area contributed by atoms with Crippen molar-refractivity contribution < 1.29 is 9.26 Å². The van der Waals surface area contributed by atoms with Gasteiger partial charge in [-0.2, -0.15) is 4.98 Å². The molecule has 0 saturated heterocycles. The largest absolute Gasteiger partial charge is 0.483 e. The molecule has 0 radical (unpaired) electrons. The quantitative estimate of drug-likeness (QED) is 0.897. The number of hydrogen-bond acceptors (Lipinski definition) is 5. The summed E-state index contributed by atoms with van der Waals surface area (Å²) >= 11 is 0. The van der Waals surface area contributed by atoms with Crippen LogP contribution in [0.25, 0.3) is 0 Å². The van der Waals surface area contributed by atoms with E-state index in [1.165, 1.54) is 0 Å². The first-order valence-corrected chi connectivity index (χ1v) is 5.84. The van der Waals surface area contributed by atoms with Crippen molar-refractivity contribution in [2.45, 2.75) is 33.4 Å². The fraction of sp³-hybridized carbons (Fsp3) is 0.385. The first kappa shape index (κ1) is 12.6. The molecule has 0 bridgehead atoms. The minimum Gasteiger partial charge on any atom is -0.483 e. The molecule has 18 heavy (non-hydrogen) atoms. The van der Waals surface area contributed by atoms with E-state index in [0.29, 0.717) is 11.7 Å². The summed E-state index contributed by atoms with van der Waals surface area (Å²) in [7, 11) is 0. The lowest BCUT2D eigenvalue weighted by molar-refractivity contribution is 0.241. The van der Waals surface area contributed by atoms with Gasteiger partial charge in [-0.05, 0) is 38.0 Å². The Labute approximate surface area is 106 Å². The summed E-state index contributed by atoms with van der Waals surface area (Å²) < 4.78 is 10.6. The van der Waals surface area contributed by atoms with Gasteiger partial charge in [0.1, 0.15) is 5.75 Å². The molecule has 1 aromatic heterocycles. The lowest BCUT2D eigenvalue weighted by atomic mass is 10.1. The van der Waals surface area contributed by atoms with Crippen LogP contribution in [0.3, 0.4) is 0 Å². The molecule has 1 atom stereocenters. The van der Waals surface area contributed by atoms with Crippen LogP contribution in [0.4, 0.5) is 0 Å². The summed E-state index contributed by atoms with van der Waals surface area (Å²) in [5.74, 6) is 1.89. The first-order chi connectivity index (χ1) is 8.56. The third-order valence-electron chi connectivity index (χ3n) is 2.65. The Morgan fingerprint density at radius 2 is 2.17 bits per heavy atom. The molecule has 2 aromatic rings. The van der Waals surface area contributed by atoms with Crippen molar-refractivity contribution in [2.24, 2.45) is 5.73 Å². The van der Waals surface area contributed by atoms with Gasteiger partial charge in [0.05, 0.1) is 0 Å². The van der Waals surface area contributed by atoms with Gasteiger partial charge < -0.3 is 15.0 Å². The van der Waals surface area contributed by atoms with Crippen molar-refractivity contribution in [2.75, 3.05) is 0 Å². The molecule has 0 saturated carbocycles. The minimum atomic E-state index is 0.0244. The highest BCUT2D eigenvalue weighted by Gasteiger charge is 2.07. The van der Waals surface area contributed by atoms with E-state index < -0.39 is 0 Å². The number of nitrogens with two attached hydrogens (primary N) is 1. The van der Waals surface area contributed by atoms with E-state index in [1.807, 2.05) is 32.0 Å². The van der Waals surface area contributed by atoms with Crippen molar-refractivity contribution in [1.82, 2.24) is 10.1 Å². The molecule has 2 rings (SSSR count). The second kappa shape index (κ2) is 5.18. The third kappa shape index (κ3) is 2.87. The smallest absolute Gasteiger partial charge is 0.264 e. The summed E-state index contributed by atoms with van der Waals surface area (Å²) in [5.41, 5.74) is 7.96. The lowest BCUT2D eigenvalue weighted by Gasteiger charge is -2.11. The Bertz CT molecular complexity index is 535. The maximum Gasteiger partial charge on any atom is 0.264 e. The van der Waals surface area contributed by atoms with Crippen LogP contribution in [0.15, 0.2) is 22.7 Å². The SMILES string of the molecule is Cc1noc(COc2ccc([C@H](C)N)cc2C)n1. The predicted molar refractivity (Wildman–Crippen MR) is 67.1 cm³/mol. The summed E-state index contributed by atoms with van der Waals surface area (Å²) in [4.78, 5) is 4.08. The molecule has 0 spiro atoms. The molecule has 5 nitrogen and oxygen atoms in total. The Hall–Kier alpha value is -1.88. The van der Waals surface area contributed by atoms with Crippen molar-refractivity contribution in [3.63, 3.8) is 0 Å². The van der Waals surface area contributed by atoms with Gasteiger partial charge >= 0.3 is 0 Å². The van der Waals surface area contributed by atoms with Crippen LogP contribution in [-0.2, 0) is 6.61 Å². The zero-order valence-corrected chi connectivity index (χ0v) is 10.8. The van der Waals surface area contributed by atoms with Crippen molar-refractivity contribution in [1.29, 1.82) is 0 Å². The van der Waals surface area contributed by atoms with Gasteiger partial charge in [-0.3, -0.25) is 0 Å². The Balaban J connectivity index is 2.05. The molecule has 0 unspecified atom stereocenters. The summed E-state index contributed by atoms with van der Waals surface area (Å²) in [6.07, 6.45) is 0. The Kier molecular flexibility index (Phi) is 3.62. The van der Waals surface area contributed by atoms with Crippen LogP contribution in [0.2, 0.25) is 0 Å². The van der Waals surface area contributed by atoms with Crippen LogP contribution in [0.1, 0.15) is 35.8 Å². The molecule has 2 N–H and O–H groups in total. The highest BCUT2D eigenvalue weighted by atomic mass is 16.5. The molecule has 0 fully saturated rings. The van der Waals surface area contributed by atoms with Gasteiger partial charge in [-0.1, -0.05) is 17.3 Å². The van der Waals surface area contributed by atoms with Crippen LogP contribution < -0.4 is 10.5 Å². The number of benzene rings is 1. The highest BCUT2D eigenvalue weighted by Crippen LogP contribution is 2.22. The fourth-order valence-electron chi connectivity index (χ4n) is 1.66. The monoisotopic (exact) mass is 247 g/mol. The first-order valence-electron chi connectivity index (χ1n) is 5.84. The maximum absolute atomic E-state index is 5.83. The predicted octanol–water partition coefficient (Wildman–Crippen LogP) is 2.29. The normalized spacial score (nSPS) is 12.4. The molecular formula is C13H17N3O2. The average Bonchev–Trinajstić information content (AvgIpc) is 2.73. The van der Waals surface area contributed by atoms with Crippen LogP contribution in [-0.4, -0.2) is 10.1 Å². The molecule has 1 aromatic carbocycles. The van der Waals surface area contributed by atoms with Gasteiger partial charge in [-0.25, -0.2) is 0 Å². The molecule has 5 heteroatoms. The van der Waals surface area contributed by atoms with E-state index >= 15 is 0 Å². The van der Waals surface area contributed by atoms with E-state index in [1.54, 1.807) is 6.92 Å². The zero-order valence-electron chi connectivity index (χ0n) is 10.8. The summed E-state index contributed by atoms with van der Waals surface area (Å²) in [6, 6.07) is 5.93. The maximum atomic E-state index is 5.83.